The number of alkyl halides is 6. The van der Waals surface area contributed by atoms with E-state index in [9.17, 15) is 35.5 Å². The molecule has 0 aliphatic heterocycles. The zero-order valence-electron chi connectivity index (χ0n) is 15.3. The van der Waals surface area contributed by atoms with Crippen molar-refractivity contribution >= 4 is 11.6 Å². The molecular weight excluding hydrogens is 435 g/mol. The van der Waals surface area contributed by atoms with Crippen LogP contribution in [-0.2, 0) is 23.6 Å². The molecule has 2 aromatic carbocycles. The third-order valence-corrected chi connectivity index (χ3v) is 4.01. The van der Waals surface area contributed by atoms with E-state index in [2.05, 4.69) is 10.1 Å². The zero-order chi connectivity index (χ0) is 22.8. The minimum atomic E-state index is -5.03. The smallest absolute Gasteiger partial charge is 0.339 e. The Morgan fingerprint density at radius 3 is 2.06 bits per heavy atom. The Balaban J connectivity index is 1.68. The van der Waals surface area contributed by atoms with Crippen molar-refractivity contribution in [3.63, 3.8) is 0 Å². The standard InChI is InChI=1S/C19H12F7N3O2/c20-13-3-1-10(2-4-13)17-28-16(31-29-17)6-5-15(30)27-14-8-11(18(21,22)23)7-12(9-14)19(24,25)26/h1-4,7-9H,5-6H2,(H,27,30). The average molecular weight is 447 g/mol. The minimum Gasteiger partial charge on any atom is -0.339 e. The third kappa shape index (κ3) is 5.80. The number of anilines is 1. The Hall–Kier alpha value is -3.44. The quantitative estimate of drug-likeness (QED) is 0.526. The molecule has 0 saturated heterocycles. The van der Waals surface area contributed by atoms with E-state index in [1.54, 1.807) is 0 Å². The maximum absolute atomic E-state index is 12.9. The van der Waals surface area contributed by atoms with Crippen molar-refractivity contribution in [3.8, 4) is 11.4 Å². The maximum Gasteiger partial charge on any atom is 0.416 e. The van der Waals surface area contributed by atoms with Gasteiger partial charge in [0.25, 0.3) is 0 Å². The summed E-state index contributed by atoms with van der Waals surface area (Å²) in [4.78, 5) is 16.0. The van der Waals surface area contributed by atoms with E-state index in [1.807, 2.05) is 5.32 Å². The van der Waals surface area contributed by atoms with Crippen LogP contribution < -0.4 is 5.32 Å². The van der Waals surface area contributed by atoms with E-state index in [0.29, 0.717) is 17.7 Å². The molecule has 0 bridgehead atoms. The van der Waals surface area contributed by atoms with Crippen molar-refractivity contribution in [2.45, 2.75) is 25.2 Å². The van der Waals surface area contributed by atoms with Gasteiger partial charge in [-0.25, -0.2) is 4.39 Å². The molecule has 164 valence electrons. The van der Waals surface area contributed by atoms with Gasteiger partial charge >= 0.3 is 12.4 Å². The van der Waals surface area contributed by atoms with Gasteiger partial charge in [-0.15, -0.1) is 0 Å². The predicted octanol–water partition coefficient (Wildman–Crippen LogP) is 5.48. The number of aromatic nitrogens is 2. The van der Waals surface area contributed by atoms with Crippen LogP contribution in [0.4, 0.5) is 36.4 Å². The molecule has 0 aliphatic carbocycles. The lowest BCUT2D eigenvalue weighted by atomic mass is 10.1. The predicted molar refractivity (Wildman–Crippen MR) is 93.1 cm³/mol. The van der Waals surface area contributed by atoms with E-state index in [4.69, 9.17) is 4.52 Å². The van der Waals surface area contributed by atoms with Gasteiger partial charge in [-0.1, -0.05) is 5.16 Å². The highest BCUT2D eigenvalue weighted by Gasteiger charge is 2.37. The number of carbonyl (C=O) groups excluding carboxylic acids is 1. The van der Waals surface area contributed by atoms with E-state index in [0.717, 1.165) is 0 Å². The van der Waals surface area contributed by atoms with Crippen LogP contribution in [0.15, 0.2) is 47.0 Å². The van der Waals surface area contributed by atoms with Crippen molar-refractivity contribution in [2.24, 2.45) is 0 Å². The van der Waals surface area contributed by atoms with Gasteiger partial charge in [0, 0.05) is 24.1 Å². The monoisotopic (exact) mass is 447 g/mol. The number of nitrogens with one attached hydrogen (secondary N) is 1. The summed E-state index contributed by atoms with van der Waals surface area (Å²) in [7, 11) is 0. The van der Waals surface area contributed by atoms with E-state index >= 15 is 0 Å². The third-order valence-electron chi connectivity index (χ3n) is 4.01. The minimum absolute atomic E-state index is 0.00879. The largest absolute Gasteiger partial charge is 0.416 e. The second-order valence-corrected chi connectivity index (χ2v) is 6.36. The lowest BCUT2D eigenvalue weighted by Gasteiger charge is -2.14. The van der Waals surface area contributed by atoms with Crippen LogP contribution in [0.5, 0.6) is 0 Å². The van der Waals surface area contributed by atoms with Crippen LogP contribution in [0.1, 0.15) is 23.4 Å². The Morgan fingerprint density at radius 1 is 0.935 bits per heavy atom. The molecule has 5 nitrogen and oxygen atoms in total. The molecule has 0 spiro atoms. The SMILES string of the molecule is O=C(CCc1nc(-c2ccc(F)cc2)no1)Nc1cc(C(F)(F)F)cc(C(F)(F)F)c1. The van der Waals surface area contributed by atoms with Gasteiger partial charge in [-0.05, 0) is 42.5 Å². The molecule has 0 fully saturated rings. The highest BCUT2D eigenvalue weighted by atomic mass is 19.4. The molecule has 0 unspecified atom stereocenters. The fourth-order valence-electron chi connectivity index (χ4n) is 2.54. The van der Waals surface area contributed by atoms with Gasteiger partial charge in [0.1, 0.15) is 5.82 Å². The topological polar surface area (TPSA) is 68.0 Å². The Kier molecular flexibility index (Phi) is 6.00. The second kappa shape index (κ2) is 8.36. The molecule has 1 aromatic heterocycles. The van der Waals surface area contributed by atoms with Gasteiger partial charge in [-0.3, -0.25) is 4.79 Å². The molecule has 1 heterocycles. The normalized spacial score (nSPS) is 12.1. The summed E-state index contributed by atoms with van der Waals surface area (Å²) in [6, 6.07) is 5.96. The van der Waals surface area contributed by atoms with Gasteiger partial charge in [-0.2, -0.15) is 31.3 Å². The van der Waals surface area contributed by atoms with Crippen LogP contribution in [0.25, 0.3) is 11.4 Å². The first-order valence-corrected chi connectivity index (χ1v) is 8.60. The number of benzene rings is 2. The fourth-order valence-corrected chi connectivity index (χ4v) is 2.54. The number of hydrogen-bond acceptors (Lipinski definition) is 4. The number of amides is 1. The highest BCUT2D eigenvalue weighted by Crippen LogP contribution is 2.37. The van der Waals surface area contributed by atoms with Gasteiger partial charge in [0.15, 0.2) is 0 Å². The molecule has 0 radical (unpaired) electrons. The Labute approximate surface area is 169 Å². The Morgan fingerprint density at radius 2 is 1.52 bits per heavy atom. The molecule has 3 rings (SSSR count). The van der Waals surface area contributed by atoms with Gasteiger partial charge < -0.3 is 9.84 Å². The summed E-state index contributed by atoms with van der Waals surface area (Å²) in [6.45, 7) is 0. The van der Waals surface area contributed by atoms with Crippen LogP contribution in [-0.4, -0.2) is 16.0 Å². The van der Waals surface area contributed by atoms with Crippen LogP contribution in [0.3, 0.4) is 0 Å². The van der Waals surface area contributed by atoms with Crippen molar-refractivity contribution in [1.29, 1.82) is 0 Å². The van der Waals surface area contributed by atoms with Gasteiger partial charge in [0.05, 0.1) is 11.1 Å². The number of nitrogens with zero attached hydrogens (tertiary/aromatic N) is 2. The van der Waals surface area contributed by atoms with Gasteiger partial charge in [0.2, 0.25) is 17.6 Å². The molecule has 1 amide bonds. The molecule has 1 N–H and O–H groups in total. The molecular formula is C19H12F7N3O2. The van der Waals surface area contributed by atoms with Crippen LogP contribution in [0, 0.1) is 5.82 Å². The first kappa shape index (κ1) is 22.2. The lowest BCUT2D eigenvalue weighted by Crippen LogP contribution is -2.16. The molecule has 3 aromatic rings. The lowest BCUT2D eigenvalue weighted by molar-refractivity contribution is -0.143. The second-order valence-electron chi connectivity index (χ2n) is 6.36. The van der Waals surface area contributed by atoms with Crippen LogP contribution >= 0.6 is 0 Å². The summed E-state index contributed by atoms with van der Waals surface area (Å²) in [5, 5.41) is 5.68. The van der Waals surface area contributed by atoms with Crippen molar-refractivity contribution < 1.29 is 40.1 Å². The molecule has 0 aliphatic rings. The highest BCUT2D eigenvalue weighted by molar-refractivity contribution is 5.91. The summed E-state index contributed by atoms with van der Waals surface area (Å²) in [5.74, 6) is -1.18. The number of aryl methyl sites for hydroxylation is 1. The van der Waals surface area contributed by atoms with Crippen molar-refractivity contribution in [1.82, 2.24) is 10.1 Å². The number of halogens is 7. The molecule has 31 heavy (non-hydrogen) atoms. The van der Waals surface area contributed by atoms with E-state index in [-0.39, 0.29) is 30.6 Å². The summed E-state index contributed by atoms with van der Waals surface area (Å²) in [6.07, 6.45) is -10.5. The number of hydrogen-bond donors (Lipinski definition) is 1. The molecule has 0 saturated carbocycles. The summed E-state index contributed by atoms with van der Waals surface area (Å²) < 4.78 is 95.2. The summed E-state index contributed by atoms with van der Waals surface area (Å²) >= 11 is 0. The number of carbonyl (C=O) groups is 1. The fraction of sp³-hybridized carbons (Fsp3) is 0.211. The van der Waals surface area contributed by atoms with E-state index in [1.165, 1.54) is 24.3 Å². The first-order chi connectivity index (χ1) is 14.4. The first-order valence-electron chi connectivity index (χ1n) is 8.60. The summed E-state index contributed by atoms with van der Waals surface area (Å²) in [5.41, 5.74) is -3.29. The van der Waals surface area contributed by atoms with E-state index < -0.39 is 40.9 Å². The zero-order valence-corrected chi connectivity index (χ0v) is 15.3. The van der Waals surface area contributed by atoms with Crippen molar-refractivity contribution in [3.05, 3.63) is 65.3 Å². The Bertz CT molecular complexity index is 1040. The molecule has 12 heteroatoms. The average Bonchev–Trinajstić information content (AvgIpc) is 3.14. The molecule has 0 atom stereocenters. The maximum atomic E-state index is 12.9. The number of rotatable bonds is 5. The van der Waals surface area contributed by atoms with Crippen molar-refractivity contribution in [2.75, 3.05) is 5.32 Å². The van der Waals surface area contributed by atoms with Crippen LogP contribution in [0.2, 0.25) is 0 Å².